The number of aromatic nitrogens is 3. The highest BCUT2D eigenvalue weighted by molar-refractivity contribution is 7.87. The van der Waals surface area contributed by atoms with Crippen molar-refractivity contribution in [1.29, 1.82) is 0 Å². The molecule has 0 radical (unpaired) electrons. The number of benzene rings is 4. The number of halogens is 2. The summed E-state index contributed by atoms with van der Waals surface area (Å²) >= 11 is 11.6. The highest BCUT2D eigenvalue weighted by Crippen LogP contribution is 2.46. The Bertz CT molecular complexity index is 2670. The van der Waals surface area contributed by atoms with Gasteiger partial charge in [0.1, 0.15) is 26.1 Å². The molecule has 0 aliphatic rings. The third-order valence-corrected chi connectivity index (χ3v) is 10.2. The second kappa shape index (κ2) is 12.1. The number of hydrogen-bond donors (Lipinski definition) is 6. The van der Waals surface area contributed by atoms with Crippen LogP contribution in [0.5, 0.6) is 5.75 Å². The Hall–Kier alpha value is -4.17. The summed E-state index contributed by atoms with van der Waals surface area (Å²) in [6, 6.07) is 6.92. The maximum Gasteiger partial charge on any atom is 0.297 e. The molecule has 252 valence electrons. The van der Waals surface area contributed by atoms with E-state index >= 15 is 0 Å². The van der Waals surface area contributed by atoms with E-state index in [-0.39, 0.29) is 5.39 Å². The van der Waals surface area contributed by atoms with Crippen molar-refractivity contribution in [2.24, 2.45) is 10.2 Å². The average Bonchev–Trinajstić information content (AvgIpc) is 2.93. The highest BCUT2D eigenvalue weighted by Gasteiger charge is 2.27. The van der Waals surface area contributed by atoms with Crippen molar-refractivity contribution in [2.75, 3.05) is 5.32 Å². The summed E-state index contributed by atoms with van der Waals surface area (Å²) in [5.41, 5.74) is -2.25. The minimum absolute atomic E-state index is 0.373. The van der Waals surface area contributed by atoms with Crippen LogP contribution < -0.4 is 5.32 Å². The molecule has 19 nitrogen and oxygen atoms in total. The van der Waals surface area contributed by atoms with Crippen LogP contribution in [0.2, 0.25) is 10.6 Å². The molecule has 0 unspecified atom stereocenters. The highest BCUT2D eigenvalue weighted by atomic mass is 35.5. The maximum atomic E-state index is 12.4. The van der Waals surface area contributed by atoms with E-state index < -0.39 is 116 Å². The lowest BCUT2D eigenvalue weighted by atomic mass is 10.1. The van der Waals surface area contributed by atoms with Crippen molar-refractivity contribution in [2.45, 2.75) is 19.6 Å². The first-order chi connectivity index (χ1) is 22.1. The van der Waals surface area contributed by atoms with Gasteiger partial charge in [-0.1, -0.05) is 18.2 Å². The Morgan fingerprint density at radius 1 is 0.667 bits per heavy atom. The van der Waals surface area contributed by atoms with Crippen LogP contribution in [0.3, 0.4) is 0 Å². The molecule has 1 aromatic heterocycles. The molecule has 1 heterocycles. The van der Waals surface area contributed by atoms with Gasteiger partial charge >= 0.3 is 0 Å². The van der Waals surface area contributed by atoms with Crippen LogP contribution in [0.4, 0.5) is 23.0 Å². The lowest BCUT2D eigenvalue weighted by Crippen LogP contribution is -2.05. The molecule has 5 aromatic rings. The van der Waals surface area contributed by atoms with Gasteiger partial charge in [0, 0.05) is 16.2 Å². The third kappa shape index (κ3) is 7.00. The summed E-state index contributed by atoms with van der Waals surface area (Å²) in [6.45, 7) is 0. The first-order valence-electron chi connectivity index (χ1n) is 12.1. The van der Waals surface area contributed by atoms with Crippen molar-refractivity contribution < 1.29 is 57.0 Å². The summed E-state index contributed by atoms with van der Waals surface area (Å²) in [5.74, 6) is -1.57. The minimum atomic E-state index is -5.35. The molecule has 48 heavy (non-hydrogen) atoms. The first kappa shape index (κ1) is 35.1. The van der Waals surface area contributed by atoms with Crippen LogP contribution >= 0.6 is 23.2 Å². The number of aromatic hydroxyl groups is 1. The topological polar surface area (TPSA) is 313 Å². The van der Waals surface area contributed by atoms with Crippen molar-refractivity contribution >= 4 is 108 Å². The lowest BCUT2D eigenvalue weighted by molar-refractivity contribution is 0.472. The van der Waals surface area contributed by atoms with E-state index in [1.54, 1.807) is 0 Å². The molecule has 0 atom stereocenters. The van der Waals surface area contributed by atoms with E-state index in [2.05, 4.69) is 30.5 Å². The monoisotopic (exact) mass is 780 g/mol. The molecule has 0 aliphatic heterocycles. The number of rotatable bonds is 8. The number of phenols is 1. The van der Waals surface area contributed by atoms with Crippen LogP contribution in [-0.4, -0.2) is 71.9 Å². The molecule has 6 N–H and O–H groups in total. The number of hydrogen-bond acceptors (Lipinski definition) is 15. The van der Waals surface area contributed by atoms with Gasteiger partial charge in [-0.05, 0) is 58.9 Å². The predicted octanol–water partition coefficient (Wildman–Crippen LogP) is 4.34. The standard InChI is InChI=1S/C23H14Cl2N6O13S4/c24-21-27-22(25)29-23(28-21)26-14-8-10(45(33,34)35)6-9-7-16(47(39,40)41)18(19(32)17(9)14)31-30-13-5-4-11-12(20(13)48(42,43)44)2-1-3-15(11)46(36,37)38/h1-8,32H,(H,33,34,35)(H,36,37,38)(H,39,40,41)(H,42,43,44)(H,26,27,28,29). The summed E-state index contributed by atoms with van der Waals surface area (Å²) in [4.78, 5) is 7.16. The van der Waals surface area contributed by atoms with Crippen molar-refractivity contribution in [1.82, 2.24) is 15.0 Å². The molecule has 4 aromatic carbocycles. The number of fused-ring (bicyclic) bond motifs is 2. The second-order valence-corrected chi connectivity index (χ2v) is 15.6. The van der Waals surface area contributed by atoms with Gasteiger partial charge in [-0.25, -0.2) is 0 Å². The van der Waals surface area contributed by atoms with E-state index in [0.29, 0.717) is 12.1 Å². The molecule has 25 heteroatoms. The molecule has 0 saturated heterocycles. The van der Waals surface area contributed by atoms with Crippen LogP contribution in [0.25, 0.3) is 21.5 Å². The van der Waals surface area contributed by atoms with Gasteiger partial charge in [-0.15, -0.1) is 10.2 Å². The van der Waals surface area contributed by atoms with E-state index in [4.69, 9.17) is 23.2 Å². The molecule has 0 amide bonds. The van der Waals surface area contributed by atoms with Crippen LogP contribution in [0.15, 0.2) is 78.3 Å². The Labute approximate surface area is 278 Å². The summed E-state index contributed by atoms with van der Waals surface area (Å²) in [7, 11) is -20.5. The molecular formula is C23H14Cl2N6O13S4. The van der Waals surface area contributed by atoms with E-state index in [0.717, 1.165) is 36.4 Å². The molecule has 0 fully saturated rings. The van der Waals surface area contributed by atoms with Crippen molar-refractivity contribution in [3.8, 4) is 5.75 Å². The van der Waals surface area contributed by atoms with Crippen LogP contribution in [-0.2, 0) is 40.5 Å². The maximum absolute atomic E-state index is 12.4. The fourth-order valence-corrected chi connectivity index (χ4v) is 7.57. The van der Waals surface area contributed by atoms with Gasteiger partial charge in [-0.3, -0.25) is 18.2 Å². The number of azo groups is 1. The Kier molecular flexibility index (Phi) is 8.83. The molecular weight excluding hydrogens is 767 g/mol. The first-order valence-corrected chi connectivity index (χ1v) is 18.6. The van der Waals surface area contributed by atoms with Gasteiger partial charge in [0.05, 0.1) is 10.6 Å². The molecule has 0 saturated carbocycles. The number of phenolic OH excluding ortho intramolecular Hbond substituents is 1. The SMILES string of the molecule is O=S(=O)(O)c1cc(Nc2nc(Cl)nc(Cl)n2)c2c(O)c(N=Nc3ccc4c(S(=O)(=O)O)cccc4c3S(=O)(=O)O)c(S(=O)(=O)O)cc2c1. The predicted molar refractivity (Wildman–Crippen MR) is 166 cm³/mol. The average molecular weight is 782 g/mol. The zero-order chi connectivity index (χ0) is 35.6. The third-order valence-electron chi connectivity index (χ3n) is 6.27. The summed E-state index contributed by atoms with van der Waals surface area (Å²) in [6.07, 6.45) is 0. The fraction of sp³-hybridized carbons (Fsp3) is 0. The summed E-state index contributed by atoms with van der Waals surface area (Å²) < 4.78 is 137. The van der Waals surface area contributed by atoms with Crippen molar-refractivity contribution in [3.63, 3.8) is 0 Å². The van der Waals surface area contributed by atoms with Gasteiger partial charge < -0.3 is 10.4 Å². The van der Waals surface area contributed by atoms with E-state index in [1.807, 2.05) is 0 Å². The number of nitrogens with one attached hydrogen (secondary N) is 1. The number of nitrogens with zero attached hydrogens (tertiary/aromatic N) is 5. The zero-order valence-corrected chi connectivity index (χ0v) is 27.5. The Morgan fingerprint density at radius 2 is 1.29 bits per heavy atom. The van der Waals surface area contributed by atoms with Gasteiger partial charge in [0.15, 0.2) is 5.75 Å². The Morgan fingerprint density at radius 3 is 1.85 bits per heavy atom. The van der Waals surface area contributed by atoms with E-state index in [1.165, 1.54) is 0 Å². The second-order valence-electron chi connectivity index (χ2n) is 9.33. The van der Waals surface area contributed by atoms with Crippen LogP contribution in [0, 0.1) is 0 Å². The fourth-order valence-electron chi connectivity index (χ4n) is 4.47. The van der Waals surface area contributed by atoms with Crippen molar-refractivity contribution in [3.05, 3.63) is 59.1 Å². The van der Waals surface area contributed by atoms with Gasteiger partial charge in [0.2, 0.25) is 16.5 Å². The molecule has 0 aliphatic carbocycles. The van der Waals surface area contributed by atoms with E-state index in [9.17, 15) is 57.0 Å². The summed E-state index contributed by atoms with van der Waals surface area (Å²) in [5, 5.41) is 18.4. The number of anilines is 2. The molecule has 0 spiro atoms. The largest absolute Gasteiger partial charge is 0.505 e. The quantitative estimate of drug-likeness (QED) is 0.0942. The van der Waals surface area contributed by atoms with Gasteiger partial charge in [-0.2, -0.15) is 48.6 Å². The molecule has 5 rings (SSSR count). The minimum Gasteiger partial charge on any atom is -0.505 e. The lowest BCUT2D eigenvalue weighted by Gasteiger charge is -2.15. The zero-order valence-electron chi connectivity index (χ0n) is 22.7. The van der Waals surface area contributed by atoms with Gasteiger partial charge in [0.25, 0.3) is 40.5 Å². The smallest absolute Gasteiger partial charge is 0.297 e. The normalized spacial score (nSPS) is 13.0. The molecule has 0 bridgehead atoms. The van der Waals surface area contributed by atoms with Crippen LogP contribution in [0.1, 0.15) is 0 Å². The Balaban J connectivity index is 1.83.